The van der Waals surface area contributed by atoms with Gasteiger partial charge in [-0.3, -0.25) is 4.79 Å². The minimum absolute atomic E-state index is 0.0582. The summed E-state index contributed by atoms with van der Waals surface area (Å²) in [7, 11) is 0. The van der Waals surface area contributed by atoms with E-state index in [1.807, 2.05) is 19.1 Å². The molecule has 2 rings (SSSR count). The second-order valence-corrected chi connectivity index (χ2v) is 4.73. The molecule has 1 aromatic rings. The highest BCUT2D eigenvalue weighted by Gasteiger charge is 2.21. The molecule has 1 atom stereocenters. The molecule has 0 radical (unpaired) electrons. The van der Waals surface area contributed by atoms with Crippen LogP contribution in [-0.4, -0.2) is 17.6 Å². The first kappa shape index (κ1) is 13.4. The molecule has 1 unspecified atom stereocenters. The molecule has 7 heteroatoms. The van der Waals surface area contributed by atoms with Gasteiger partial charge in [-0.2, -0.15) is 5.10 Å². The zero-order valence-electron chi connectivity index (χ0n) is 10.3. The summed E-state index contributed by atoms with van der Waals surface area (Å²) in [4.78, 5) is 22.2. The van der Waals surface area contributed by atoms with E-state index in [1.165, 1.54) is 0 Å². The molecule has 3 N–H and O–H groups in total. The van der Waals surface area contributed by atoms with Crippen LogP contribution in [0.25, 0.3) is 0 Å². The fourth-order valence-corrected chi connectivity index (χ4v) is 2.04. The topological polar surface area (TPSA) is 87.8 Å². The molecule has 0 spiro atoms. The Morgan fingerprint density at radius 2 is 2.11 bits per heavy atom. The van der Waals surface area contributed by atoms with Crippen molar-refractivity contribution in [3.63, 3.8) is 0 Å². The molecule has 1 heterocycles. The number of hydrogen-bond acceptors (Lipinski definition) is 4. The number of carbonyl (C=O) groups is 2. The largest absolute Gasteiger partial charge is 0.350 e. The molecule has 100 valence electrons. The van der Waals surface area contributed by atoms with E-state index in [1.54, 1.807) is 12.1 Å². The predicted octanol–water partition coefficient (Wildman–Crippen LogP) is 1.28. The van der Waals surface area contributed by atoms with E-state index in [9.17, 15) is 9.59 Å². The number of benzene rings is 1. The smallest absolute Gasteiger partial charge is 0.329 e. The summed E-state index contributed by atoms with van der Waals surface area (Å²) in [5.41, 5.74) is 9.87. The number of urea groups is 1. The van der Waals surface area contributed by atoms with Gasteiger partial charge in [0.15, 0.2) is 0 Å². The van der Waals surface area contributed by atoms with Gasteiger partial charge in [0.1, 0.15) is 0 Å². The van der Waals surface area contributed by atoms with Crippen molar-refractivity contribution in [3.05, 3.63) is 29.8 Å². The molecular formula is C12H14N4O2S. The van der Waals surface area contributed by atoms with Crippen LogP contribution in [0.15, 0.2) is 29.4 Å². The maximum Gasteiger partial charge on any atom is 0.329 e. The van der Waals surface area contributed by atoms with Gasteiger partial charge in [-0.25, -0.2) is 14.5 Å². The van der Waals surface area contributed by atoms with E-state index in [2.05, 4.69) is 23.3 Å². The second kappa shape index (κ2) is 5.31. The van der Waals surface area contributed by atoms with Crippen molar-refractivity contribution in [3.8, 4) is 0 Å². The molecule has 6 nitrogen and oxygen atoms in total. The number of hydrazone groups is 1. The van der Waals surface area contributed by atoms with Crippen molar-refractivity contribution in [2.24, 2.45) is 16.8 Å². The summed E-state index contributed by atoms with van der Waals surface area (Å²) in [6.45, 7) is 1.94. The number of primary amides is 1. The normalized spacial score (nSPS) is 18.5. The number of nitrogens with one attached hydrogen (secondary N) is 1. The highest BCUT2D eigenvalue weighted by Crippen LogP contribution is 2.21. The zero-order chi connectivity index (χ0) is 14.0. The van der Waals surface area contributed by atoms with Gasteiger partial charge >= 0.3 is 6.03 Å². The number of hydrogen-bond donors (Lipinski definition) is 3. The Labute approximate surface area is 116 Å². The maximum atomic E-state index is 11.2. The molecular weight excluding hydrogens is 264 g/mol. The van der Waals surface area contributed by atoms with E-state index in [4.69, 9.17) is 5.73 Å². The first-order chi connectivity index (χ1) is 8.99. The van der Waals surface area contributed by atoms with Crippen LogP contribution in [0.2, 0.25) is 0 Å². The number of amides is 3. The van der Waals surface area contributed by atoms with Crippen LogP contribution in [0.4, 0.5) is 10.5 Å². The Hall–Kier alpha value is -2.02. The van der Waals surface area contributed by atoms with Crippen molar-refractivity contribution < 1.29 is 9.59 Å². The third kappa shape index (κ3) is 2.87. The van der Waals surface area contributed by atoms with Crippen molar-refractivity contribution in [1.29, 1.82) is 0 Å². The SMILES string of the molecule is CC1CC(=O)NN=C1c1ccc(N(S)C(N)=O)cc1. The van der Waals surface area contributed by atoms with Crippen LogP contribution in [-0.2, 0) is 4.79 Å². The van der Waals surface area contributed by atoms with Gasteiger partial charge in [0.05, 0.1) is 11.4 Å². The Morgan fingerprint density at radius 1 is 1.47 bits per heavy atom. The summed E-state index contributed by atoms with van der Waals surface area (Å²) >= 11 is 3.98. The number of nitrogens with zero attached hydrogens (tertiary/aromatic N) is 2. The summed E-state index contributed by atoms with van der Waals surface area (Å²) < 4.78 is 1.05. The molecule has 1 aliphatic rings. The van der Waals surface area contributed by atoms with Crippen LogP contribution in [0.1, 0.15) is 18.9 Å². The lowest BCUT2D eigenvalue weighted by molar-refractivity contribution is -0.121. The van der Waals surface area contributed by atoms with Gasteiger partial charge in [0.2, 0.25) is 5.91 Å². The second-order valence-electron chi connectivity index (χ2n) is 4.33. The van der Waals surface area contributed by atoms with E-state index in [0.717, 1.165) is 15.6 Å². The van der Waals surface area contributed by atoms with E-state index in [-0.39, 0.29) is 11.8 Å². The molecule has 0 saturated heterocycles. The van der Waals surface area contributed by atoms with E-state index < -0.39 is 6.03 Å². The number of carbonyl (C=O) groups excluding carboxylic acids is 2. The molecule has 0 aliphatic carbocycles. The highest BCUT2D eigenvalue weighted by atomic mass is 32.1. The monoisotopic (exact) mass is 278 g/mol. The Morgan fingerprint density at radius 3 is 2.63 bits per heavy atom. The lowest BCUT2D eigenvalue weighted by Crippen LogP contribution is -2.32. The molecule has 3 amide bonds. The predicted molar refractivity (Wildman–Crippen MR) is 76.0 cm³/mol. The summed E-state index contributed by atoms with van der Waals surface area (Å²) in [5, 5.41) is 4.06. The van der Waals surface area contributed by atoms with Crippen LogP contribution in [0.5, 0.6) is 0 Å². The van der Waals surface area contributed by atoms with Gasteiger partial charge in [-0.15, -0.1) is 0 Å². The molecule has 1 aromatic carbocycles. The van der Waals surface area contributed by atoms with Gasteiger partial charge in [0.25, 0.3) is 0 Å². The van der Waals surface area contributed by atoms with Gasteiger partial charge in [-0.1, -0.05) is 31.9 Å². The molecule has 0 aromatic heterocycles. The Bertz CT molecular complexity index is 541. The molecule has 1 aliphatic heterocycles. The third-order valence-corrected chi connectivity index (χ3v) is 3.30. The van der Waals surface area contributed by atoms with Crippen LogP contribution in [0.3, 0.4) is 0 Å². The Kier molecular flexibility index (Phi) is 3.75. The summed E-state index contributed by atoms with van der Waals surface area (Å²) in [5.74, 6) is -0.0222. The van der Waals surface area contributed by atoms with Crippen molar-refractivity contribution in [1.82, 2.24) is 5.43 Å². The number of anilines is 1. The first-order valence-corrected chi connectivity index (χ1v) is 6.14. The maximum absolute atomic E-state index is 11.2. The molecule has 0 saturated carbocycles. The molecule has 0 fully saturated rings. The molecule has 19 heavy (non-hydrogen) atoms. The van der Waals surface area contributed by atoms with Gasteiger partial charge < -0.3 is 5.73 Å². The van der Waals surface area contributed by atoms with Crippen molar-refractivity contribution in [2.75, 3.05) is 4.31 Å². The minimum atomic E-state index is -0.647. The van der Waals surface area contributed by atoms with Crippen molar-refractivity contribution >= 4 is 36.2 Å². The van der Waals surface area contributed by atoms with Gasteiger partial charge in [0, 0.05) is 12.3 Å². The first-order valence-electron chi connectivity index (χ1n) is 5.74. The van der Waals surface area contributed by atoms with Crippen LogP contribution in [0, 0.1) is 5.92 Å². The Balaban J connectivity index is 2.23. The highest BCUT2D eigenvalue weighted by molar-refractivity contribution is 7.82. The zero-order valence-corrected chi connectivity index (χ0v) is 11.2. The van der Waals surface area contributed by atoms with Crippen LogP contribution < -0.4 is 15.5 Å². The summed E-state index contributed by atoms with van der Waals surface area (Å²) in [6, 6.07) is 6.42. The fraction of sp³-hybridized carbons (Fsp3) is 0.250. The van der Waals surface area contributed by atoms with Gasteiger partial charge in [-0.05, 0) is 17.7 Å². The quantitative estimate of drug-likeness (QED) is 0.711. The molecule has 0 bridgehead atoms. The standard InChI is InChI=1S/C12H14N4O2S/c1-7-6-10(17)14-15-11(7)8-2-4-9(5-3-8)16(19)12(13)18/h2-5,7,19H,6H2,1H3,(H2,13,18)(H,14,17). The lowest BCUT2D eigenvalue weighted by Gasteiger charge is -2.20. The van der Waals surface area contributed by atoms with E-state index in [0.29, 0.717) is 12.1 Å². The average Bonchev–Trinajstić information content (AvgIpc) is 2.38. The van der Waals surface area contributed by atoms with Crippen LogP contribution >= 0.6 is 12.8 Å². The number of nitrogens with two attached hydrogens (primary N) is 1. The van der Waals surface area contributed by atoms with E-state index >= 15 is 0 Å². The minimum Gasteiger partial charge on any atom is -0.350 e. The van der Waals surface area contributed by atoms with Crippen molar-refractivity contribution in [2.45, 2.75) is 13.3 Å². The summed E-state index contributed by atoms with van der Waals surface area (Å²) in [6.07, 6.45) is 0.417. The number of rotatable bonds is 2. The lowest BCUT2D eigenvalue weighted by atomic mass is 9.94. The average molecular weight is 278 g/mol. The number of thiol groups is 1. The fourth-order valence-electron chi connectivity index (χ4n) is 1.90. The third-order valence-electron chi connectivity index (χ3n) is 2.88.